The summed E-state index contributed by atoms with van der Waals surface area (Å²) >= 11 is 0. The van der Waals surface area contributed by atoms with Crippen molar-refractivity contribution in [3.8, 4) is 0 Å². The van der Waals surface area contributed by atoms with E-state index >= 15 is 0 Å². The van der Waals surface area contributed by atoms with Gasteiger partial charge in [0, 0.05) is 6.04 Å². The van der Waals surface area contributed by atoms with Crippen LogP contribution in [-0.4, -0.2) is 11.9 Å². The highest BCUT2D eigenvalue weighted by Crippen LogP contribution is 2.34. The van der Waals surface area contributed by atoms with Crippen molar-refractivity contribution in [1.29, 1.82) is 0 Å². The van der Waals surface area contributed by atoms with Gasteiger partial charge in [0.2, 0.25) is 5.76 Å². The van der Waals surface area contributed by atoms with Crippen LogP contribution in [0.25, 0.3) is 0 Å². The van der Waals surface area contributed by atoms with Crippen molar-refractivity contribution in [3.05, 3.63) is 23.2 Å². The lowest BCUT2D eigenvalue weighted by Gasteiger charge is -2.17. The van der Waals surface area contributed by atoms with Crippen molar-refractivity contribution in [3.63, 3.8) is 0 Å². The van der Waals surface area contributed by atoms with Crippen LogP contribution in [-0.2, 0) is 6.18 Å². The van der Waals surface area contributed by atoms with Crippen molar-refractivity contribution in [2.75, 3.05) is 0 Å². The van der Waals surface area contributed by atoms with Crippen molar-refractivity contribution in [2.45, 2.75) is 39.9 Å². The molecule has 0 aliphatic carbocycles. The summed E-state index contributed by atoms with van der Waals surface area (Å²) in [6.07, 6.45) is -4.66. The second kappa shape index (κ2) is 5.04. The molecule has 0 aromatic carbocycles. The van der Waals surface area contributed by atoms with Gasteiger partial charge in [-0.1, -0.05) is 13.8 Å². The lowest BCUT2D eigenvalue weighted by atomic mass is 10.1. The first kappa shape index (κ1) is 14.6. The van der Waals surface area contributed by atoms with Crippen LogP contribution in [0.15, 0.2) is 10.5 Å². The van der Waals surface area contributed by atoms with E-state index in [0.29, 0.717) is 0 Å². The molecule has 0 aliphatic rings. The number of aryl methyl sites for hydroxylation is 1. The van der Waals surface area contributed by atoms with Gasteiger partial charge >= 0.3 is 6.18 Å². The fourth-order valence-electron chi connectivity index (χ4n) is 1.34. The van der Waals surface area contributed by atoms with Crippen molar-refractivity contribution >= 4 is 5.91 Å². The zero-order valence-electron chi connectivity index (χ0n) is 10.7. The zero-order chi connectivity index (χ0) is 14.1. The summed E-state index contributed by atoms with van der Waals surface area (Å²) in [5.74, 6) is -1.81. The Morgan fingerprint density at radius 2 is 1.89 bits per heavy atom. The van der Waals surface area contributed by atoms with Crippen LogP contribution in [0.4, 0.5) is 13.2 Å². The number of halogens is 3. The third-order valence-corrected chi connectivity index (χ3v) is 2.72. The third-order valence-electron chi connectivity index (χ3n) is 2.72. The van der Waals surface area contributed by atoms with E-state index in [1.165, 1.54) is 6.92 Å². The molecule has 102 valence electrons. The van der Waals surface area contributed by atoms with Gasteiger partial charge in [0.15, 0.2) is 0 Å². The Morgan fingerprint density at radius 3 is 2.33 bits per heavy atom. The van der Waals surface area contributed by atoms with Crippen molar-refractivity contribution in [1.82, 2.24) is 5.32 Å². The van der Waals surface area contributed by atoms with Crippen molar-refractivity contribution in [2.24, 2.45) is 5.92 Å². The Kier molecular flexibility index (Phi) is 4.09. The SMILES string of the molecule is Cc1cc(C(=O)NC(C)C(C)C)c(C(F)(F)F)o1. The fraction of sp³-hybridized carbons (Fsp3) is 0.583. The summed E-state index contributed by atoms with van der Waals surface area (Å²) in [4.78, 5) is 11.8. The van der Waals surface area contributed by atoms with E-state index in [2.05, 4.69) is 9.73 Å². The van der Waals surface area contributed by atoms with Crippen LogP contribution in [0.3, 0.4) is 0 Å². The van der Waals surface area contributed by atoms with Gasteiger partial charge in [-0.15, -0.1) is 0 Å². The average Bonchev–Trinajstić information content (AvgIpc) is 2.59. The number of amides is 1. The molecule has 1 rings (SSSR count). The first-order valence-electron chi connectivity index (χ1n) is 5.61. The minimum atomic E-state index is -4.66. The van der Waals surface area contributed by atoms with E-state index in [1.807, 2.05) is 13.8 Å². The van der Waals surface area contributed by atoms with Gasteiger partial charge in [-0.25, -0.2) is 0 Å². The Labute approximate surface area is 103 Å². The molecule has 0 fully saturated rings. The molecule has 1 aromatic heterocycles. The summed E-state index contributed by atoms with van der Waals surface area (Å²) in [7, 11) is 0. The van der Waals surface area contributed by atoms with Crippen molar-refractivity contribution < 1.29 is 22.4 Å². The van der Waals surface area contributed by atoms with E-state index in [9.17, 15) is 18.0 Å². The van der Waals surface area contributed by atoms with Gasteiger partial charge in [-0.05, 0) is 25.8 Å². The molecule has 0 aliphatic heterocycles. The number of alkyl halides is 3. The summed E-state index contributed by atoms with van der Waals surface area (Å²) in [5.41, 5.74) is -0.465. The number of hydrogen-bond acceptors (Lipinski definition) is 2. The number of furan rings is 1. The number of rotatable bonds is 3. The molecule has 1 unspecified atom stereocenters. The van der Waals surface area contributed by atoms with Gasteiger partial charge < -0.3 is 9.73 Å². The Hall–Kier alpha value is -1.46. The third kappa shape index (κ3) is 3.27. The minimum Gasteiger partial charge on any atom is -0.456 e. The average molecular weight is 263 g/mol. The maximum Gasteiger partial charge on any atom is 0.450 e. The molecule has 1 amide bonds. The molecule has 1 aromatic rings. The normalized spacial score (nSPS) is 13.8. The lowest BCUT2D eigenvalue weighted by Crippen LogP contribution is -2.36. The predicted octanol–water partition coefficient (Wildman–Crippen LogP) is 3.38. The van der Waals surface area contributed by atoms with Gasteiger partial charge in [-0.2, -0.15) is 13.2 Å². The molecule has 0 saturated carbocycles. The number of nitrogens with one attached hydrogen (secondary N) is 1. The van der Waals surface area contributed by atoms with Crippen LogP contribution >= 0.6 is 0 Å². The standard InChI is InChI=1S/C12H16F3NO2/c1-6(2)8(4)16-11(17)9-5-7(3)18-10(9)12(13,14)15/h5-6,8H,1-4H3,(H,16,17). The summed E-state index contributed by atoms with van der Waals surface area (Å²) in [5, 5.41) is 2.52. The first-order valence-corrected chi connectivity index (χ1v) is 5.61. The second-order valence-corrected chi connectivity index (χ2v) is 4.60. The molecule has 1 heterocycles. The highest BCUT2D eigenvalue weighted by Gasteiger charge is 2.40. The van der Waals surface area contributed by atoms with E-state index < -0.39 is 23.4 Å². The molecule has 3 nitrogen and oxygen atoms in total. The largest absolute Gasteiger partial charge is 0.456 e. The van der Waals surface area contributed by atoms with E-state index in [0.717, 1.165) is 6.07 Å². The molecule has 0 radical (unpaired) electrons. The Morgan fingerprint density at radius 1 is 1.33 bits per heavy atom. The quantitative estimate of drug-likeness (QED) is 0.908. The summed E-state index contributed by atoms with van der Waals surface area (Å²) in [6, 6.07) is 0.888. The zero-order valence-corrected chi connectivity index (χ0v) is 10.7. The Balaban J connectivity index is 2.99. The van der Waals surface area contributed by atoms with Crippen LogP contribution in [0, 0.1) is 12.8 Å². The first-order chi connectivity index (χ1) is 8.12. The molecule has 0 saturated heterocycles. The molecule has 0 bridgehead atoms. The van der Waals surface area contributed by atoms with E-state index in [-0.39, 0.29) is 17.7 Å². The minimum absolute atomic E-state index is 0.0599. The predicted molar refractivity (Wildman–Crippen MR) is 60.2 cm³/mol. The number of carbonyl (C=O) groups is 1. The van der Waals surface area contributed by atoms with Crippen LogP contribution in [0.5, 0.6) is 0 Å². The maximum atomic E-state index is 12.6. The molecule has 1 N–H and O–H groups in total. The molecular formula is C12H16F3NO2. The number of hydrogen-bond donors (Lipinski definition) is 1. The molecular weight excluding hydrogens is 247 g/mol. The maximum absolute atomic E-state index is 12.6. The lowest BCUT2D eigenvalue weighted by molar-refractivity contribution is -0.153. The molecule has 0 spiro atoms. The summed E-state index contributed by atoms with van der Waals surface area (Å²) in [6.45, 7) is 6.85. The van der Waals surface area contributed by atoms with Gasteiger partial charge in [0.05, 0.1) is 5.56 Å². The van der Waals surface area contributed by atoms with E-state index in [1.54, 1.807) is 6.92 Å². The topological polar surface area (TPSA) is 42.2 Å². The molecule has 1 atom stereocenters. The summed E-state index contributed by atoms with van der Waals surface area (Å²) < 4.78 is 42.5. The van der Waals surface area contributed by atoms with Crippen LogP contribution < -0.4 is 5.32 Å². The fourth-order valence-corrected chi connectivity index (χ4v) is 1.34. The van der Waals surface area contributed by atoms with Crippen LogP contribution in [0.1, 0.15) is 42.6 Å². The van der Waals surface area contributed by atoms with Gasteiger partial charge in [-0.3, -0.25) is 4.79 Å². The molecule has 6 heteroatoms. The van der Waals surface area contributed by atoms with Gasteiger partial charge in [0.1, 0.15) is 5.76 Å². The second-order valence-electron chi connectivity index (χ2n) is 4.60. The van der Waals surface area contributed by atoms with Gasteiger partial charge in [0.25, 0.3) is 5.91 Å². The van der Waals surface area contributed by atoms with Crippen LogP contribution in [0.2, 0.25) is 0 Å². The highest BCUT2D eigenvalue weighted by atomic mass is 19.4. The molecule has 18 heavy (non-hydrogen) atoms. The Bertz CT molecular complexity index is 435. The smallest absolute Gasteiger partial charge is 0.450 e. The number of carbonyl (C=O) groups excluding carboxylic acids is 1. The monoisotopic (exact) mass is 263 g/mol. The highest BCUT2D eigenvalue weighted by molar-refractivity contribution is 5.95. The van der Waals surface area contributed by atoms with E-state index in [4.69, 9.17) is 0 Å².